The van der Waals surface area contributed by atoms with E-state index >= 15 is 0 Å². The van der Waals surface area contributed by atoms with Crippen molar-refractivity contribution in [2.45, 2.75) is 19.8 Å². The molecule has 1 amide bonds. The Morgan fingerprint density at radius 2 is 1.73 bits per heavy atom. The summed E-state index contributed by atoms with van der Waals surface area (Å²) in [5.41, 5.74) is 2.92. The fourth-order valence-corrected chi connectivity index (χ4v) is 3.03. The number of morpholine rings is 1. The van der Waals surface area contributed by atoms with E-state index in [1.54, 1.807) is 0 Å². The molecule has 1 aliphatic rings. The van der Waals surface area contributed by atoms with Gasteiger partial charge in [-0.1, -0.05) is 17.7 Å². The molecule has 1 saturated heterocycles. The van der Waals surface area contributed by atoms with E-state index in [1.165, 1.54) is 0 Å². The number of hydrogen-bond acceptors (Lipinski definition) is 6. The molecule has 3 rings (SSSR count). The monoisotopic (exact) mass is 412 g/mol. The molecule has 160 valence electrons. The predicted octanol–water partition coefficient (Wildman–Crippen LogP) is 3.17. The first-order valence-corrected chi connectivity index (χ1v) is 10.2. The number of rotatable bonds is 9. The second-order valence-corrected chi connectivity index (χ2v) is 7.12. The smallest absolute Gasteiger partial charge is 0.306 e. The summed E-state index contributed by atoms with van der Waals surface area (Å²) < 4.78 is 16.0. The van der Waals surface area contributed by atoms with E-state index in [2.05, 4.69) is 10.2 Å². The number of esters is 1. The summed E-state index contributed by atoms with van der Waals surface area (Å²) in [7, 11) is 0. The first kappa shape index (κ1) is 21.6. The molecule has 0 aliphatic carbocycles. The molecular formula is C23H28N2O5. The molecule has 2 aromatic rings. The number of amides is 1. The lowest BCUT2D eigenvalue weighted by Gasteiger charge is -2.28. The van der Waals surface area contributed by atoms with Crippen LogP contribution in [0.25, 0.3) is 0 Å². The molecule has 1 aliphatic heterocycles. The number of anilines is 2. The predicted molar refractivity (Wildman–Crippen MR) is 115 cm³/mol. The van der Waals surface area contributed by atoms with Gasteiger partial charge in [0.05, 0.1) is 19.8 Å². The van der Waals surface area contributed by atoms with Crippen LogP contribution in [0.5, 0.6) is 5.75 Å². The largest absolute Gasteiger partial charge is 0.494 e. The van der Waals surface area contributed by atoms with Gasteiger partial charge < -0.3 is 24.4 Å². The number of carbonyl (C=O) groups excluding carboxylic acids is 2. The summed E-state index contributed by atoms with van der Waals surface area (Å²) >= 11 is 0. The zero-order valence-electron chi connectivity index (χ0n) is 17.3. The van der Waals surface area contributed by atoms with Crippen LogP contribution >= 0.6 is 0 Å². The highest BCUT2D eigenvalue weighted by Crippen LogP contribution is 2.19. The highest BCUT2D eigenvalue weighted by molar-refractivity contribution is 5.92. The minimum Gasteiger partial charge on any atom is -0.494 e. The minimum atomic E-state index is -0.416. The van der Waals surface area contributed by atoms with Crippen molar-refractivity contribution in [1.29, 1.82) is 0 Å². The maximum Gasteiger partial charge on any atom is 0.306 e. The first-order valence-electron chi connectivity index (χ1n) is 10.2. The highest BCUT2D eigenvalue weighted by Gasteiger charge is 2.12. The molecule has 1 heterocycles. The van der Waals surface area contributed by atoms with Crippen LogP contribution in [-0.2, 0) is 19.1 Å². The SMILES string of the molecule is Cc1ccc(OCCCC(=O)OCC(=O)Nc2ccc(N3CCOCC3)cc2)cc1. The molecule has 0 spiro atoms. The van der Waals surface area contributed by atoms with Crippen molar-refractivity contribution in [1.82, 2.24) is 0 Å². The van der Waals surface area contributed by atoms with Crippen molar-refractivity contribution in [3.63, 3.8) is 0 Å². The Balaban J connectivity index is 1.30. The van der Waals surface area contributed by atoms with Gasteiger partial charge in [0.15, 0.2) is 6.61 Å². The minimum absolute atomic E-state index is 0.202. The van der Waals surface area contributed by atoms with Gasteiger partial charge >= 0.3 is 5.97 Å². The molecule has 0 radical (unpaired) electrons. The Morgan fingerprint density at radius 3 is 2.43 bits per heavy atom. The Labute approximate surface area is 176 Å². The van der Waals surface area contributed by atoms with Gasteiger partial charge in [-0.2, -0.15) is 0 Å². The van der Waals surface area contributed by atoms with E-state index < -0.39 is 5.97 Å². The van der Waals surface area contributed by atoms with Crippen LogP contribution in [-0.4, -0.2) is 51.4 Å². The van der Waals surface area contributed by atoms with E-state index in [9.17, 15) is 9.59 Å². The fraction of sp³-hybridized carbons (Fsp3) is 0.391. The third-order valence-corrected chi connectivity index (χ3v) is 4.71. The maximum atomic E-state index is 12.0. The van der Waals surface area contributed by atoms with Gasteiger partial charge in [-0.3, -0.25) is 9.59 Å². The Hall–Kier alpha value is -3.06. The number of aryl methyl sites for hydroxylation is 1. The summed E-state index contributed by atoms with van der Waals surface area (Å²) in [5.74, 6) is -0.00770. The molecule has 0 saturated carbocycles. The average molecular weight is 412 g/mol. The second kappa shape index (κ2) is 11.2. The van der Waals surface area contributed by atoms with Crippen LogP contribution in [0.4, 0.5) is 11.4 Å². The second-order valence-electron chi connectivity index (χ2n) is 7.12. The molecule has 30 heavy (non-hydrogen) atoms. The first-order chi connectivity index (χ1) is 14.6. The summed E-state index contributed by atoms with van der Waals surface area (Å²) in [6.07, 6.45) is 0.727. The van der Waals surface area contributed by atoms with Crippen LogP contribution in [0, 0.1) is 6.92 Å². The van der Waals surface area contributed by atoms with Gasteiger partial charge in [-0.25, -0.2) is 0 Å². The van der Waals surface area contributed by atoms with Gasteiger partial charge in [0.25, 0.3) is 5.91 Å². The van der Waals surface area contributed by atoms with E-state index in [0.29, 0.717) is 18.7 Å². The number of nitrogens with one attached hydrogen (secondary N) is 1. The lowest BCUT2D eigenvalue weighted by atomic mass is 10.2. The number of ether oxygens (including phenoxy) is 3. The van der Waals surface area contributed by atoms with Gasteiger partial charge in [0.2, 0.25) is 0 Å². The average Bonchev–Trinajstić information content (AvgIpc) is 2.78. The van der Waals surface area contributed by atoms with Crippen molar-refractivity contribution in [2.24, 2.45) is 0 Å². The molecule has 0 unspecified atom stereocenters. The van der Waals surface area contributed by atoms with Crippen molar-refractivity contribution in [3.05, 3.63) is 54.1 Å². The van der Waals surface area contributed by atoms with Gasteiger partial charge in [0, 0.05) is 30.9 Å². The highest BCUT2D eigenvalue weighted by atomic mass is 16.5. The van der Waals surface area contributed by atoms with E-state index in [1.807, 2.05) is 55.5 Å². The van der Waals surface area contributed by atoms with E-state index in [4.69, 9.17) is 14.2 Å². The van der Waals surface area contributed by atoms with Crippen LogP contribution < -0.4 is 15.0 Å². The normalized spacial score (nSPS) is 13.6. The molecule has 0 aromatic heterocycles. The molecule has 7 nitrogen and oxygen atoms in total. The van der Waals surface area contributed by atoms with E-state index in [0.717, 1.165) is 43.3 Å². The van der Waals surface area contributed by atoms with Crippen molar-refractivity contribution in [2.75, 3.05) is 49.7 Å². The lowest BCUT2D eigenvalue weighted by Crippen LogP contribution is -2.36. The summed E-state index contributed by atoms with van der Waals surface area (Å²) in [4.78, 5) is 26.0. The quantitative estimate of drug-likeness (QED) is 0.504. The summed E-state index contributed by atoms with van der Waals surface area (Å²) in [6, 6.07) is 15.3. The third kappa shape index (κ3) is 7.08. The van der Waals surface area contributed by atoms with Crippen LogP contribution in [0.3, 0.4) is 0 Å². The standard InChI is InChI=1S/C23H28N2O5/c1-18-4-10-21(11-5-18)29-14-2-3-23(27)30-17-22(26)24-19-6-8-20(9-7-19)25-12-15-28-16-13-25/h4-11H,2-3,12-17H2,1H3,(H,24,26). The molecule has 0 bridgehead atoms. The maximum absolute atomic E-state index is 12.0. The van der Waals surface area contributed by atoms with E-state index in [-0.39, 0.29) is 18.9 Å². The van der Waals surface area contributed by atoms with Crippen LogP contribution in [0.2, 0.25) is 0 Å². The Kier molecular flexibility index (Phi) is 8.09. The lowest BCUT2D eigenvalue weighted by molar-refractivity contribution is -0.147. The Morgan fingerprint density at radius 1 is 1.03 bits per heavy atom. The molecule has 7 heteroatoms. The fourth-order valence-electron chi connectivity index (χ4n) is 3.03. The van der Waals surface area contributed by atoms with Crippen molar-refractivity contribution >= 4 is 23.3 Å². The summed E-state index contributed by atoms with van der Waals surface area (Å²) in [5, 5.41) is 2.74. The number of benzene rings is 2. The zero-order valence-corrected chi connectivity index (χ0v) is 17.3. The van der Waals surface area contributed by atoms with Crippen LogP contribution in [0.1, 0.15) is 18.4 Å². The number of nitrogens with zero attached hydrogens (tertiary/aromatic N) is 1. The number of carbonyl (C=O) groups is 2. The van der Waals surface area contributed by atoms with Crippen LogP contribution in [0.15, 0.2) is 48.5 Å². The van der Waals surface area contributed by atoms with Gasteiger partial charge in [-0.15, -0.1) is 0 Å². The third-order valence-electron chi connectivity index (χ3n) is 4.71. The molecule has 2 aromatic carbocycles. The molecule has 0 atom stereocenters. The molecule has 1 N–H and O–H groups in total. The number of hydrogen-bond donors (Lipinski definition) is 1. The van der Waals surface area contributed by atoms with Gasteiger partial charge in [0.1, 0.15) is 5.75 Å². The van der Waals surface area contributed by atoms with Crippen molar-refractivity contribution < 1.29 is 23.8 Å². The topological polar surface area (TPSA) is 77.1 Å². The van der Waals surface area contributed by atoms with Crippen molar-refractivity contribution in [3.8, 4) is 5.75 Å². The zero-order chi connectivity index (χ0) is 21.2. The van der Waals surface area contributed by atoms with Gasteiger partial charge in [-0.05, 0) is 49.7 Å². The Bertz CT molecular complexity index is 814. The summed E-state index contributed by atoms with van der Waals surface area (Å²) in [6.45, 7) is 5.29. The molecule has 1 fully saturated rings. The molecular weight excluding hydrogens is 384 g/mol.